The van der Waals surface area contributed by atoms with Crippen molar-refractivity contribution in [2.24, 2.45) is 0 Å². The number of benzene rings is 3. The highest BCUT2D eigenvalue weighted by Crippen LogP contribution is 2.33. The minimum Gasteiger partial charge on any atom is -0.477 e. The molecule has 7 nitrogen and oxygen atoms in total. The summed E-state index contributed by atoms with van der Waals surface area (Å²) in [6.07, 6.45) is 0.665. The van der Waals surface area contributed by atoms with Gasteiger partial charge >= 0.3 is 11.9 Å². The number of fused-ring (bicyclic) bond motifs is 1. The fourth-order valence-electron chi connectivity index (χ4n) is 3.90. The molecular weight excluding hydrogens is 458 g/mol. The average molecular weight is 476 g/mol. The number of carbonyl (C=O) groups is 3. The van der Waals surface area contributed by atoms with Gasteiger partial charge in [-0.25, -0.2) is 9.59 Å². The monoisotopic (exact) mass is 475 g/mol. The van der Waals surface area contributed by atoms with Crippen LogP contribution in [0, 0.1) is 0 Å². The van der Waals surface area contributed by atoms with Gasteiger partial charge in [-0.1, -0.05) is 41.9 Å². The molecule has 1 aromatic heterocycles. The maximum Gasteiger partial charge on any atom is 0.353 e. The first-order valence-electron chi connectivity index (χ1n) is 10.2. The summed E-state index contributed by atoms with van der Waals surface area (Å²) >= 11 is 6.19. The highest BCUT2D eigenvalue weighted by molar-refractivity contribution is 6.31. The van der Waals surface area contributed by atoms with Gasteiger partial charge in [0.1, 0.15) is 12.0 Å². The summed E-state index contributed by atoms with van der Waals surface area (Å²) in [4.78, 5) is 49.0. The quantitative estimate of drug-likeness (QED) is 0.321. The lowest BCUT2D eigenvalue weighted by Crippen LogP contribution is -2.28. The molecule has 0 saturated heterocycles. The molecule has 0 fully saturated rings. The molecule has 0 bridgehead atoms. The van der Waals surface area contributed by atoms with Crippen LogP contribution in [-0.4, -0.2) is 35.0 Å². The molecule has 0 saturated carbocycles. The number of aromatic carboxylic acids is 1. The lowest BCUT2D eigenvalue weighted by atomic mass is 9.95. The number of halogens is 1. The topological polar surface area (TPSA) is 103 Å². The number of hydrogen-bond donors (Lipinski definition) is 1. The molecule has 0 aliphatic rings. The van der Waals surface area contributed by atoms with Gasteiger partial charge in [-0.15, -0.1) is 0 Å². The Hall–Kier alpha value is -4.23. The summed E-state index contributed by atoms with van der Waals surface area (Å²) in [7, 11) is 1.28. The second-order valence-corrected chi connectivity index (χ2v) is 7.98. The van der Waals surface area contributed by atoms with E-state index in [1.165, 1.54) is 11.7 Å². The number of ether oxygens (including phenoxy) is 1. The molecule has 0 atom stereocenters. The molecule has 34 heavy (non-hydrogen) atoms. The molecule has 0 aliphatic carbocycles. The van der Waals surface area contributed by atoms with E-state index in [4.69, 9.17) is 16.3 Å². The van der Waals surface area contributed by atoms with E-state index in [0.29, 0.717) is 38.9 Å². The summed E-state index contributed by atoms with van der Waals surface area (Å²) in [5.74, 6) is -1.81. The van der Waals surface area contributed by atoms with Gasteiger partial charge in [0.2, 0.25) is 0 Å². The smallest absolute Gasteiger partial charge is 0.353 e. The molecule has 8 heteroatoms. The highest BCUT2D eigenvalue weighted by Gasteiger charge is 2.23. The predicted octanol–water partition coefficient (Wildman–Crippen LogP) is 4.67. The van der Waals surface area contributed by atoms with Gasteiger partial charge in [0.15, 0.2) is 0 Å². The molecule has 3 aromatic carbocycles. The maximum atomic E-state index is 13.4. The lowest BCUT2D eigenvalue weighted by molar-refractivity contribution is 0.0599. The van der Waals surface area contributed by atoms with Gasteiger partial charge in [-0.2, -0.15) is 0 Å². The number of methoxy groups -OCH3 is 1. The van der Waals surface area contributed by atoms with E-state index in [1.807, 2.05) is 0 Å². The predicted molar refractivity (Wildman–Crippen MR) is 128 cm³/mol. The average Bonchev–Trinajstić information content (AvgIpc) is 2.85. The Morgan fingerprint density at radius 2 is 1.76 bits per heavy atom. The van der Waals surface area contributed by atoms with Gasteiger partial charge < -0.3 is 9.84 Å². The molecule has 0 unspecified atom stereocenters. The minimum absolute atomic E-state index is 0.0547. The van der Waals surface area contributed by atoms with Crippen molar-refractivity contribution in [2.45, 2.75) is 6.54 Å². The number of pyridine rings is 1. The number of nitrogens with zero attached hydrogens (tertiary/aromatic N) is 1. The number of carboxylic acid groups (broad SMARTS) is 1. The number of aromatic nitrogens is 1. The molecular formula is C26H18ClNO6. The summed E-state index contributed by atoms with van der Waals surface area (Å²) < 4.78 is 5.87. The molecule has 170 valence electrons. The number of carbonyl (C=O) groups excluding carboxylic acids is 2. The van der Waals surface area contributed by atoms with Crippen LogP contribution >= 0.6 is 11.6 Å². The molecule has 0 aliphatic heterocycles. The van der Waals surface area contributed by atoms with Crippen LogP contribution in [0.25, 0.3) is 21.9 Å². The summed E-state index contributed by atoms with van der Waals surface area (Å²) in [5.41, 5.74) is 1.30. The number of carboxylic acids is 1. The van der Waals surface area contributed by atoms with Crippen LogP contribution in [0.4, 0.5) is 0 Å². The third kappa shape index (κ3) is 4.21. The highest BCUT2D eigenvalue weighted by atomic mass is 35.5. The molecule has 4 rings (SSSR count). The third-order valence-electron chi connectivity index (χ3n) is 5.46. The Kier molecular flexibility index (Phi) is 6.30. The van der Waals surface area contributed by atoms with Crippen molar-refractivity contribution >= 4 is 40.6 Å². The largest absolute Gasteiger partial charge is 0.477 e. The van der Waals surface area contributed by atoms with Crippen LogP contribution in [0.2, 0.25) is 5.02 Å². The first-order chi connectivity index (χ1) is 16.3. The number of rotatable bonds is 6. The zero-order valence-electron chi connectivity index (χ0n) is 17.9. The Labute approximate surface area is 198 Å². The van der Waals surface area contributed by atoms with Gasteiger partial charge in [0, 0.05) is 21.5 Å². The molecule has 1 N–H and O–H groups in total. The maximum absolute atomic E-state index is 13.4. The molecule has 0 amide bonds. The minimum atomic E-state index is -1.31. The van der Waals surface area contributed by atoms with Crippen LogP contribution in [0.15, 0.2) is 71.5 Å². The SMILES string of the molecule is COC(=O)c1ccc(Cn2c(C(=O)O)c(-c3cccc(C=O)c3)c3cc(Cl)ccc3c2=O)cc1. The van der Waals surface area contributed by atoms with Crippen molar-refractivity contribution in [1.82, 2.24) is 4.57 Å². The normalized spacial score (nSPS) is 10.8. The zero-order chi connectivity index (χ0) is 24.4. The molecule has 0 radical (unpaired) electrons. The van der Waals surface area contributed by atoms with Crippen molar-refractivity contribution in [1.29, 1.82) is 0 Å². The first kappa shape index (κ1) is 22.9. The van der Waals surface area contributed by atoms with Crippen LogP contribution in [0.5, 0.6) is 0 Å². The fourth-order valence-corrected chi connectivity index (χ4v) is 4.07. The molecule has 4 aromatic rings. The summed E-state index contributed by atoms with van der Waals surface area (Å²) in [6.45, 7) is -0.0547. The second-order valence-electron chi connectivity index (χ2n) is 7.54. The van der Waals surface area contributed by atoms with E-state index in [1.54, 1.807) is 66.7 Å². The van der Waals surface area contributed by atoms with Crippen LogP contribution in [0.3, 0.4) is 0 Å². The van der Waals surface area contributed by atoms with Crippen LogP contribution in [-0.2, 0) is 11.3 Å². The van der Waals surface area contributed by atoms with E-state index in [0.717, 1.165) is 0 Å². The Balaban J connectivity index is 2.01. The Morgan fingerprint density at radius 3 is 2.41 bits per heavy atom. The van der Waals surface area contributed by atoms with E-state index < -0.39 is 17.5 Å². The lowest BCUT2D eigenvalue weighted by Gasteiger charge is -2.18. The third-order valence-corrected chi connectivity index (χ3v) is 5.70. The number of hydrogen-bond acceptors (Lipinski definition) is 5. The molecule has 1 heterocycles. The van der Waals surface area contributed by atoms with Gasteiger partial charge in [0.25, 0.3) is 5.56 Å². The Morgan fingerprint density at radius 1 is 1.03 bits per heavy atom. The Bertz CT molecular complexity index is 1500. The van der Waals surface area contributed by atoms with Crippen molar-refractivity contribution in [3.05, 3.63) is 104 Å². The van der Waals surface area contributed by atoms with E-state index >= 15 is 0 Å². The van der Waals surface area contributed by atoms with Gasteiger partial charge in [0.05, 0.1) is 19.2 Å². The fraction of sp³-hybridized carbons (Fsp3) is 0.0769. The number of aldehydes is 1. The summed E-state index contributed by atoms with van der Waals surface area (Å²) in [5, 5.41) is 11.2. The molecule has 0 spiro atoms. The second kappa shape index (κ2) is 9.33. The summed E-state index contributed by atoms with van der Waals surface area (Å²) in [6, 6.07) is 17.5. The van der Waals surface area contributed by atoms with E-state index in [9.17, 15) is 24.3 Å². The van der Waals surface area contributed by atoms with Crippen molar-refractivity contribution in [3.63, 3.8) is 0 Å². The van der Waals surface area contributed by atoms with Crippen LogP contribution < -0.4 is 5.56 Å². The zero-order valence-corrected chi connectivity index (χ0v) is 18.7. The first-order valence-corrected chi connectivity index (χ1v) is 10.5. The standard InChI is InChI=1S/C26H18ClNO6/c1-34-26(33)17-7-5-15(6-8-17)13-28-23(25(31)32)22(18-4-2-3-16(11-18)14-29)21-12-19(27)9-10-20(21)24(28)30/h2-12,14H,13H2,1H3,(H,31,32). The van der Waals surface area contributed by atoms with Gasteiger partial charge in [-0.05, 0) is 52.9 Å². The van der Waals surface area contributed by atoms with Crippen LogP contribution in [0.1, 0.15) is 36.8 Å². The van der Waals surface area contributed by atoms with Crippen molar-refractivity contribution in [3.8, 4) is 11.1 Å². The van der Waals surface area contributed by atoms with E-state index in [2.05, 4.69) is 0 Å². The van der Waals surface area contributed by atoms with Crippen molar-refractivity contribution in [2.75, 3.05) is 7.11 Å². The number of esters is 1. The van der Waals surface area contributed by atoms with Crippen molar-refractivity contribution < 1.29 is 24.2 Å². The van der Waals surface area contributed by atoms with Gasteiger partial charge in [-0.3, -0.25) is 14.2 Å². The van der Waals surface area contributed by atoms with E-state index in [-0.39, 0.29) is 23.2 Å².